The van der Waals surface area contributed by atoms with Crippen LogP contribution < -0.4 is 5.32 Å². The normalized spacial score (nSPS) is 17.8. The molecule has 0 bridgehead atoms. The highest BCUT2D eigenvalue weighted by Gasteiger charge is 2.27. The molecule has 2 nitrogen and oxygen atoms in total. The standard InChI is InChI=1S/C15H14BrNOS/c16-10-3-1-4-11(9-10)17-15(18)13-5-2-6-14-12(13)7-8-19-14/h1,3-4,7-9,13H,2,5-6H2,(H,17,18). The highest BCUT2D eigenvalue weighted by atomic mass is 79.9. The van der Waals surface area contributed by atoms with E-state index in [0.717, 1.165) is 29.4 Å². The largest absolute Gasteiger partial charge is 0.326 e. The predicted octanol–water partition coefficient (Wildman–Crippen LogP) is 4.57. The van der Waals surface area contributed by atoms with Crippen molar-refractivity contribution in [2.24, 2.45) is 0 Å². The number of anilines is 1. The number of aryl methyl sites for hydroxylation is 1. The molecular weight excluding hydrogens is 322 g/mol. The van der Waals surface area contributed by atoms with Crippen LogP contribution in [0.1, 0.15) is 29.2 Å². The van der Waals surface area contributed by atoms with Crippen molar-refractivity contribution < 1.29 is 4.79 Å². The predicted molar refractivity (Wildman–Crippen MR) is 82.8 cm³/mol. The van der Waals surface area contributed by atoms with Crippen LogP contribution in [0.2, 0.25) is 0 Å². The van der Waals surface area contributed by atoms with Gasteiger partial charge in [0.25, 0.3) is 0 Å². The molecule has 4 heteroatoms. The molecule has 0 saturated heterocycles. The van der Waals surface area contributed by atoms with Gasteiger partial charge in [-0.05, 0) is 54.5 Å². The fourth-order valence-electron chi connectivity index (χ4n) is 2.55. The topological polar surface area (TPSA) is 29.1 Å². The van der Waals surface area contributed by atoms with Gasteiger partial charge in [0, 0.05) is 15.0 Å². The molecule has 0 saturated carbocycles. The number of hydrogen-bond donors (Lipinski definition) is 1. The first-order valence-corrected chi connectivity index (χ1v) is 8.04. The summed E-state index contributed by atoms with van der Waals surface area (Å²) in [6.45, 7) is 0. The Labute approximate surface area is 125 Å². The van der Waals surface area contributed by atoms with Crippen LogP contribution in [-0.4, -0.2) is 5.91 Å². The van der Waals surface area contributed by atoms with Gasteiger partial charge in [-0.3, -0.25) is 4.79 Å². The summed E-state index contributed by atoms with van der Waals surface area (Å²) in [7, 11) is 0. The van der Waals surface area contributed by atoms with E-state index in [1.54, 1.807) is 11.3 Å². The van der Waals surface area contributed by atoms with Gasteiger partial charge in [-0.25, -0.2) is 0 Å². The summed E-state index contributed by atoms with van der Waals surface area (Å²) in [5, 5.41) is 5.11. The summed E-state index contributed by atoms with van der Waals surface area (Å²) in [5.41, 5.74) is 2.07. The monoisotopic (exact) mass is 335 g/mol. The summed E-state index contributed by atoms with van der Waals surface area (Å²) < 4.78 is 0.977. The third-order valence-electron chi connectivity index (χ3n) is 3.46. The number of benzene rings is 1. The summed E-state index contributed by atoms with van der Waals surface area (Å²) in [6, 6.07) is 9.82. The lowest BCUT2D eigenvalue weighted by Gasteiger charge is -2.21. The second-order valence-corrected chi connectivity index (χ2v) is 6.66. The number of halogens is 1. The number of nitrogens with one attached hydrogen (secondary N) is 1. The molecular formula is C15H14BrNOS. The smallest absolute Gasteiger partial charge is 0.231 e. The Bertz CT molecular complexity index is 608. The van der Waals surface area contributed by atoms with Gasteiger partial charge in [-0.1, -0.05) is 22.0 Å². The quantitative estimate of drug-likeness (QED) is 0.855. The molecule has 3 rings (SSSR count). The molecule has 1 aliphatic carbocycles. The molecule has 1 aromatic heterocycles. The van der Waals surface area contributed by atoms with E-state index in [-0.39, 0.29) is 11.8 Å². The molecule has 1 unspecified atom stereocenters. The Morgan fingerprint density at radius 1 is 1.37 bits per heavy atom. The zero-order valence-electron chi connectivity index (χ0n) is 10.4. The van der Waals surface area contributed by atoms with Crippen LogP contribution in [0.4, 0.5) is 5.69 Å². The molecule has 1 aromatic carbocycles. The average molecular weight is 336 g/mol. The van der Waals surface area contributed by atoms with Crippen LogP contribution in [0.5, 0.6) is 0 Å². The fraction of sp³-hybridized carbons (Fsp3) is 0.267. The Balaban J connectivity index is 1.79. The van der Waals surface area contributed by atoms with Crippen LogP contribution in [0, 0.1) is 0 Å². The van der Waals surface area contributed by atoms with E-state index >= 15 is 0 Å². The maximum absolute atomic E-state index is 12.4. The molecule has 1 aliphatic rings. The lowest BCUT2D eigenvalue weighted by Crippen LogP contribution is -2.23. The van der Waals surface area contributed by atoms with Crippen LogP contribution in [0.25, 0.3) is 0 Å². The van der Waals surface area contributed by atoms with E-state index in [1.165, 1.54) is 10.4 Å². The number of carbonyl (C=O) groups is 1. The second kappa shape index (κ2) is 5.47. The third-order valence-corrected chi connectivity index (χ3v) is 4.95. The van der Waals surface area contributed by atoms with E-state index in [9.17, 15) is 4.79 Å². The molecule has 0 radical (unpaired) electrons. The lowest BCUT2D eigenvalue weighted by molar-refractivity contribution is -0.117. The molecule has 1 amide bonds. The average Bonchev–Trinajstić information content (AvgIpc) is 2.86. The number of fused-ring (bicyclic) bond motifs is 1. The van der Waals surface area contributed by atoms with Crippen molar-refractivity contribution in [3.05, 3.63) is 50.6 Å². The minimum absolute atomic E-state index is 0.00832. The number of amides is 1. The highest BCUT2D eigenvalue weighted by Crippen LogP contribution is 2.35. The number of carbonyl (C=O) groups excluding carboxylic acids is 1. The van der Waals surface area contributed by atoms with Gasteiger partial charge in [0.15, 0.2) is 0 Å². The molecule has 19 heavy (non-hydrogen) atoms. The van der Waals surface area contributed by atoms with Gasteiger partial charge in [0.1, 0.15) is 0 Å². The Morgan fingerprint density at radius 3 is 3.11 bits per heavy atom. The van der Waals surface area contributed by atoms with Crippen LogP contribution in [0.3, 0.4) is 0 Å². The first kappa shape index (κ1) is 12.9. The second-order valence-electron chi connectivity index (χ2n) is 4.74. The number of rotatable bonds is 2. The summed E-state index contributed by atoms with van der Waals surface area (Å²) in [4.78, 5) is 13.8. The van der Waals surface area contributed by atoms with Crippen molar-refractivity contribution in [3.8, 4) is 0 Å². The fourth-order valence-corrected chi connectivity index (χ4v) is 3.94. The van der Waals surface area contributed by atoms with E-state index in [2.05, 4.69) is 32.7 Å². The van der Waals surface area contributed by atoms with Crippen molar-refractivity contribution in [2.75, 3.05) is 5.32 Å². The van der Waals surface area contributed by atoms with Crippen LogP contribution >= 0.6 is 27.3 Å². The van der Waals surface area contributed by atoms with Crippen LogP contribution in [-0.2, 0) is 11.2 Å². The van der Waals surface area contributed by atoms with Gasteiger partial charge < -0.3 is 5.32 Å². The minimum atomic E-state index is 0.00832. The van der Waals surface area contributed by atoms with Crippen molar-refractivity contribution >= 4 is 38.9 Å². The van der Waals surface area contributed by atoms with Crippen molar-refractivity contribution in [1.82, 2.24) is 0 Å². The van der Waals surface area contributed by atoms with Gasteiger partial charge in [-0.15, -0.1) is 11.3 Å². The van der Waals surface area contributed by atoms with E-state index < -0.39 is 0 Å². The summed E-state index contributed by atoms with van der Waals surface area (Å²) >= 11 is 5.19. The van der Waals surface area contributed by atoms with Gasteiger partial charge in [-0.2, -0.15) is 0 Å². The van der Waals surface area contributed by atoms with E-state index in [1.807, 2.05) is 24.3 Å². The first-order chi connectivity index (χ1) is 9.24. The van der Waals surface area contributed by atoms with Crippen LogP contribution in [0.15, 0.2) is 40.2 Å². The van der Waals surface area contributed by atoms with E-state index in [0.29, 0.717) is 0 Å². The summed E-state index contributed by atoms with van der Waals surface area (Å²) in [6.07, 6.45) is 3.17. The van der Waals surface area contributed by atoms with Gasteiger partial charge in [0.05, 0.1) is 5.92 Å². The zero-order valence-corrected chi connectivity index (χ0v) is 12.8. The Hall–Kier alpha value is -1.13. The van der Waals surface area contributed by atoms with Crippen molar-refractivity contribution in [1.29, 1.82) is 0 Å². The SMILES string of the molecule is O=C(Nc1cccc(Br)c1)C1CCCc2sccc21. The molecule has 1 N–H and O–H groups in total. The lowest BCUT2D eigenvalue weighted by atomic mass is 9.87. The van der Waals surface area contributed by atoms with Gasteiger partial charge >= 0.3 is 0 Å². The Morgan fingerprint density at radius 2 is 2.26 bits per heavy atom. The molecule has 0 fully saturated rings. The number of hydrogen-bond acceptors (Lipinski definition) is 2. The molecule has 0 aliphatic heterocycles. The third kappa shape index (κ3) is 2.74. The molecule has 1 atom stereocenters. The zero-order chi connectivity index (χ0) is 13.2. The number of thiophene rings is 1. The maximum atomic E-state index is 12.4. The van der Waals surface area contributed by atoms with E-state index in [4.69, 9.17) is 0 Å². The minimum Gasteiger partial charge on any atom is -0.326 e. The molecule has 98 valence electrons. The molecule has 0 spiro atoms. The maximum Gasteiger partial charge on any atom is 0.231 e. The summed E-state index contributed by atoms with van der Waals surface area (Å²) in [5.74, 6) is 0.117. The highest BCUT2D eigenvalue weighted by molar-refractivity contribution is 9.10. The molecule has 1 heterocycles. The molecule has 2 aromatic rings. The van der Waals surface area contributed by atoms with Crippen molar-refractivity contribution in [2.45, 2.75) is 25.2 Å². The first-order valence-electron chi connectivity index (χ1n) is 6.37. The van der Waals surface area contributed by atoms with Gasteiger partial charge in [0.2, 0.25) is 5.91 Å². The van der Waals surface area contributed by atoms with Crippen molar-refractivity contribution in [3.63, 3.8) is 0 Å². The Kier molecular flexibility index (Phi) is 3.71.